The number of rotatable bonds is 13. The Bertz CT molecular complexity index is 1520. The van der Waals surface area contributed by atoms with Crippen LogP contribution in [0.25, 0.3) is 10.9 Å². The lowest BCUT2D eigenvalue weighted by Crippen LogP contribution is -2.46. The van der Waals surface area contributed by atoms with Gasteiger partial charge in [0.2, 0.25) is 0 Å². The highest BCUT2D eigenvalue weighted by atomic mass is 35.5. The molecule has 2 heterocycles. The van der Waals surface area contributed by atoms with Crippen molar-refractivity contribution in [2.75, 3.05) is 44.2 Å². The number of pyridine rings is 1. The van der Waals surface area contributed by atoms with Gasteiger partial charge in [0.15, 0.2) is 6.23 Å². The van der Waals surface area contributed by atoms with Crippen LogP contribution in [0.2, 0.25) is 10.0 Å². The van der Waals surface area contributed by atoms with Gasteiger partial charge in [-0.2, -0.15) is 0 Å². The van der Waals surface area contributed by atoms with E-state index < -0.39 is 12.3 Å². The number of hydrogen-bond donors (Lipinski definition) is 0. The Morgan fingerprint density at radius 3 is 2.44 bits per heavy atom. The number of nitrogens with zero attached hydrogens (tertiary/aromatic N) is 4. The summed E-state index contributed by atoms with van der Waals surface area (Å²) >= 11 is 12.6. The van der Waals surface area contributed by atoms with Crippen LogP contribution in [0.15, 0.2) is 65.6 Å². The van der Waals surface area contributed by atoms with Crippen LogP contribution >= 0.6 is 23.2 Å². The summed E-state index contributed by atoms with van der Waals surface area (Å²) in [5.74, 6) is 1.10. The van der Waals surface area contributed by atoms with E-state index in [2.05, 4.69) is 23.6 Å². The van der Waals surface area contributed by atoms with Crippen LogP contribution in [0.3, 0.4) is 0 Å². The Balaban J connectivity index is 1.31. The molecule has 45 heavy (non-hydrogen) atoms. The van der Waals surface area contributed by atoms with Crippen molar-refractivity contribution in [3.63, 3.8) is 0 Å². The largest absolute Gasteiger partial charge is 0.494 e. The number of aromatic nitrogens is 1. The molecule has 8 nitrogen and oxygen atoms in total. The first-order valence-corrected chi connectivity index (χ1v) is 16.7. The third-order valence-electron chi connectivity index (χ3n) is 8.13. The molecule has 1 amide bonds. The van der Waals surface area contributed by atoms with Crippen molar-refractivity contribution in [3.8, 4) is 5.75 Å². The van der Waals surface area contributed by atoms with E-state index in [1.165, 1.54) is 10.6 Å². The van der Waals surface area contributed by atoms with E-state index >= 15 is 0 Å². The number of hydrogen-bond acceptors (Lipinski definition) is 6. The lowest BCUT2D eigenvalue weighted by atomic mass is 10.0. The zero-order valence-corrected chi connectivity index (χ0v) is 28.6. The molecule has 2 aromatic carbocycles. The standard InChI is InChI=1S/C35H46Cl2N4O4/c1-6-16-40(26(4)23-25(2)3)35(43)45-27(5)41-32-24-29(14-12-28(32)13-15-33(41)42)44-22-8-7-17-38-18-20-39(21-19-38)31-11-9-10-30(36)34(31)37/h6,9-16,24-27H,7-8,17-23H2,1-5H3/b16-6-. The summed E-state index contributed by atoms with van der Waals surface area (Å²) in [6, 6.07) is 14.7. The summed E-state index contributed by atoms with van der Waals surface area (Å²) in [5.41, 5.74) is 1.41. The zero-order chi connectivity index (χ0) is 32.5. The molecule has 0 saturated carbocycles. The molecule has 1 fully saturated rings. The third-order valence-corrected chi connectivity index (χ3v) is 8.94. The maximum Gasteiger partial charge on any atom is 0.415 e. The Morgan fingerprint density at radius 1 is 1.00 bits per heavy atom. The zero-order valence-electron chi connectivity index (χ0n) is 27.0. The third kappa shape index (κ3) is 9.18. The van der Waals surface area contributed by atoms with Crippen LogP contribution in [-0.2, 0) is 4.74 Å². The summed E-state index contributed by atoms with van der Waals surface area (Å²) < 4.78 is 13.4. The van der Waals surface area contributed by atoms with E-state index in [9.17, 15) is 9.59 Å². The normalized spacial score (nSPS) is 15.5. The number of allylic oxidation sites excluding steroid dienone is 1. The van der Waals surface area contributed by atoms with Crippen molar-refractivity contribution < 1.29 is 14.3 Å². The molecule has 0 radical (unpaired) electrons. The van der Waals surface area contributed by atoms with Gasteiger partial charge in [-0.25, -0.2) is 4.79 Å². The van der Waals surface area contributed by atoms with E-state index in [0.29, 0.717) is 33.8 Å². The predicted molar refractivity (Wildman–Crippen MR) is 185 cm³/mol. The molecule has 0 aliphatic carbocycles. The molecule has 3 aromatic rings. The van der Waals surface area contributed by atoms with Crippen LogP contribution < -0.4 is 15.2 Å². The van der Waals surface area contributed by atoms with Gasteiger partial charge in [0, 0.05) is 50.6 Å². The SMILES string of the molecule is C/C=C\N(C(=O)OC(C)n1c(=O)ccc2ccc(OCCCCN3CCN(c4cccc(Cl)c4Cl)CC3)cc21)C(C)CC(C)C. The Morgan fingerprint density at radius 2 is 1.73 bits per heavy atom. The quantitative estimate of drug-likeness (QED) is 0.173. The second-order valence-corrected chi connectivity index (χ2v) is 12.9. The summed E-state index contributed by atoms with van der Waals surface area (Å²) in [6.45, 7) is 15.2. The fraction of sp³-hybridized carbons (Fsp3) is 0.486. The number of benzene rings is 2. The molecule has 244 valence electrons. The molecule has 0 spiro atoms. The van der Waals surface area contributed by atoms with Crippen molar-refractivity contribution >= 4 is 45.9 Å². The Kier molecular flexibility index (Phi) is 12.6. The number of halogens is 2. The maximum absolute atomic E-state index is 13.2. The van der Waals surface area contributed by atoms with E-state index in [0.717, 1.165) is 63.1 Å². The molecular weight excluding hydrogens is 611 g/mol. The van der Waals surface area contributed by atoms with Gasteiger partial charge in [-0.3, -0.25) is 19.2 Å². The van der Waals surface area contributed by atoms with Crippen LogP contribution in [0.4, 0.5) is 10.5 Å². The van der Waals surface area contributed by atoms with Crippen LogP contribution in [-0.4, -0.2) is 65.8 Å². The number of piperazine rings is 1. The fourth-order valence-electron chi connectivity index (χ4n) is 5.88. The number of amides is 1. The van der Waals surface area contributed by atoms with Gasteiger partial charge < -0.3 is 14.4 Å². The average molecular weight is 658 g/mol. The van der Waals surface area contributed by atoms with Crippen molar-refractivity contribution in [2.24, 2.45) is 5.92 Å². The topological polar surface area (TPSA) is 67.2 Å². The van der Waals surface area contributed by atoms with Crippen LogP contribution in [0.1, 0.15) is 60.1 Å². The second kappa shape index (κ2) is 16.4. The monoisotopic (exact) mass is 656 g/mol. The molecule has 1 aliphatic heterocycles. The van der Waals surface area contributed by atoms with Crippen molar-refractivity contribution in [2.45, 2.75) is 66.2 Å². The lowest BCUT2D eigenvalue weighted by molar-refractivity contribution is 0.0404. The molecule has 1 saturated heterocycles. The van der Waals surface area contributed by atoms with Crippen molar-refractivity contribution in [3.05, 3.63) is 81.2 Å². The summed E-state index contributed by atoms with van der Waals surface area (Å²) in [6.07, 6.45) is 5.01. The maximum atomic E-state index is 13.2. The number of fused-ring (bicyclic) bond motifs is 1. The summed E-state index contributed by atoms with van der Waals surface area (Å²) in [7, 11) is 0. The van der Waals surface area contributed by atoms with Crippen LogP contribution in [0, 0.1) is 5.92 Å². The van der Waals surface area contributed by atoms with E-state index in [-0.39, 0.29) is 11.6 Å². The molecule has 0 N–H and O–H groups in total. The highest BCUT2D eigenvalue weighted by Gasteiger charge is 2.24. The minimum absolute atomic E-state index is 0.0391. The number of ether oxygens (including phenoxy) is 2. The number of anilines is 1. The minimum atomic E-state index is -0.807. The predicted octanol–water partition coefficient (Wildman–Crippen LogP) is 8.21. The molecule has 2 unspecified atom stereocenters. The fourth-order valence-corrected chi connectivity index (χ4v) is 6.29. The summed E-state index contributed by atoms with van der Waals surface area (Å²) in [5, 5.41) is 2.07. The van der Waals surface area contributed by atoms with Gasteiger partial charge in [0.1, 0.15) is 5.75 Å². The number of carbonyl (C=O) groups excluding carboxylic acids is 1. The van der Waals surface area contributed by atoms with Gasteiger partial charge in [0.05, 0.1) is 27.9 Å². The lowest BCUT2D eigenvalue weighted by Gasteiger charge is -2.36. The first kappa shape index (κ1) is 34.7. The van der Waals surface area contributed by atoms with E-state index in [1.54, 1.807) is 24.1 Å². The number of carbonyl (C=O) groups is 1. The molecule has 0 bridgehead atoms. The first-order chi connectivity index (χ1) is 21.6. The highest BCUT2D eigenvalue weighted by Crippen LogP contribution is 2.33. The Labute approximate surface area is 277 Å². The van der Waals surface area contributed by atoms with Gasteiger partial charge in [-0.15, -0.1) is 0 Å². The molecule has 2 atom stereocenters. The Hall–Kier alpha value is -3.20. The van der Waals surface area contributed by atoms with E-state index in [1.807, 2.05) is 56.3 Å². The minimum Gasteiger partial charge on any atom is -0.494 e. The number of unbranched alkanes of at least 4 members (excludes halogenated alkanes) is 1. The van der Waals surface area contributed by atoms with Crippen LogP contribution in [0.5, 0.6) is 5.75 Å². The molecule has 1 aliphatic rings. The average Bonchev–Trinajstić information content (AvgIpc) is 3.00. The second-order valence-electron chi connectivity index (χ2n) is 12.1. The molecular formula is C35H46Cl2N4O4. The van der Waals surface area contributed by atoms with Gasteiger partial charge in [-0.1, -0.05) is 49.2 Å². The van der Waals surface area contributed by atoms with Crippen molar-refractivity contribution in [1.29, 1.82) is 0 Å². The van der Waals surface area contributed by atoms with Gasteiger partial charge >= 0.3 is 6.09 Å². The molecule has 10 heteroatoms. The molecule has 4 rings (SSSR count). The highest BCUT2D eigenvalue weighted by molar-refractivity contribution is 6.43. The smallest absolute Gasteiger partial charge is 0.415 e. The summed E-state index contributed by atoms with van der Waals surface area (Å²) in [4.78, 5) is 32.5. The first-order valence-electron chi connectivity index (χ1n) is 15.9. The van der Waals surface area contributed by atoms with Gasteiger partial charge in [-0.05, 0) is 88.2 Å². The van der Waals surface area contributed by atoms with Crippen molar-refractivity contribution in [1.82, 2.24) is 14.4 Å². The van der Waals surface area contributed by atoms with E-state index in [4.69, 9.17) is 32.7 Å². The molecule has 1 aromatic heterocycles. The van der Waals surface area contributed by atoms with Gasteiger partial charge in [0.25, 0.3) is 5.56 Å².